The smallest absolute Gasteiger partial charge is 0.407 e. The van der Waals surface area contributed by atoms with Gasteiger partial charge in [-0.2, -0.15) is 0 Å². The molecule has 5 aromatic rings. The number of nitrogens with one attached hydrogen (secondary N) is 4. The van der Waals surface area contributed by atoms with Crippen LogP contribution in [0.2, 0.25) is 0 Å². The lowest BCUT2D eigenvalue weighted by Crippen LogP contribution is -2.55. The van der Waals surface area contributed by atoms with Crippen molar-refractivity contribution >= 4 is 45.8 Å². The van der Waals surface area contributed by atoms with Crippen LogP contribution in [0.5, 0.6) is 0 Å². The summed E-state index contributed by atoms with van der Waals surface area (Å²) in [5.41, 5.74) is 8.42. The third kappa shape index (κ3) is 7.64. The standard InChI is InChI=1S/C48H56N8O7.CH4/c1-25(2)38(53-47(59)61-3)45(57)55-19-5-6-37(55)43-49-35-15-10-29-22-27(8-13-33(29)40(35)51-43)28-9-14-34-30(23-28)11-16-36-41(34)52-44(50-36)42-31-7-12-32(24-31)56(42)46(58)39(54-48(60)62-4)26-17-20-63-21-18-26;/h8-10,13-15,22-23,25-26,31-32,37-39,42H,5-7,11-12,16-21,24H2,1-4H3,(H,49,51)(H,50,52)(H,53,59)(H,54,60);1H4/t31-,32+,37-,38-,39-,42-;/m0./s1. The van der Waals surface area contributed by atoms with Crippen LogP contribution in [0.15, 0.2) is 48.5 Å². The number of piperidine rings is 1. The number of aromatic nitrogens is 4. The molecular formula is C49H60N8O7. The summed E-state index contributed by atoms with van der Waals surface area (Å²) in [6, 6.07) is 15.7. The molecular weight excluding hydrogens is 813 g/mol. The molecule has 0 unspecified atom stereocenters. The fourth-order valence-electron chi connectivity index (χ4n) is 11.2. The number of likely N-dealkylation sites (tertiary alicyclic amines) is 2. The van der Waals surface area contributed by atoms with Gasteiger partial charge in [0, 0.05) is 42.4 Å². The highest BCUT2D eigenvalue weighted by Gasteiger charge is 2.52. The Morgan fingerprint density at radius 2 is 1.59 bits per heavy atom. The molecule has 2 bridgehead atoms. The van der Waals surface area contributed by atoms with E-state index < -0.39 is 24.3 Å². The van der Waals surface area contributed by atoms with E-state index in [0.717, 1.165) is 106 Å². The number of methoxy groups -OCH3 is 2. The van der Waals surface area contributed by atoms with Gasteiger partial charge in [0.25, 0.3) is 0 Å². The largest absolute Gasteiger partial charge is 0.453 e. The highest BCUT2D eigenvalue weighted by Crippen LogP contribution is 2.51. The molecule has 10 rings (SSSR count). The van der Waals surface area contributed by atoms with Crippen LogP contribution in [0.1, 0.15) is 101 Å². The van der Waals surface area contributed by atoms with Crippen LogP contribution in [-0.2, 0) is 36.6 Å². The monoisotopic (exact) mass is 872 g/mol. The van der Waals surface area contributed by atoms with Crippen molar-refractivity contribution in [1.82, 2.24) is 40.4 Å². The first-order valence-corrected chi connectivity index (χ1v) is 22.6. The van der Waals surface area contributed by atoms with Crippen LogP contribution in [0.4, 0.5) is 9.59 Å². The second-order valence-corrected chi connectivity index (χ2v) is 18.4. The predicted molar refractivity (Wildman–Crippen MR) is 242 cm³/mol. The summed E-state index contributed by atoms with van der Waals surface area (Å²) in [5.74, 6) is 1.58. The number of alkyl carbamates (subject to hydrolysis) is 2. The summed E-state index contributed by atoms with van der Waals surface area (Å²) in [6.45, 7) is 5.56. The van der Waals surface area contributed by atoms with Crippen LogP contribution in [0.25, 0.3) is 44.2 Å². The van der Waals surface area contributed by atoms with Gasteiger partial charge in [0.2, 0.25) is 11.8 Å². The number of carbonyl (C=O) groups excluding carboxylic acids is 4. The van der Waals surface area contributed by atoms with Crippen molar-refractivity contribution in [3.63, 3.8) is 0 Å². The number of hydrogen-bond donors (Lipinski definition) is 4. The molecule has 3 aliphatic heterocycles. The molecule has 1 saturated carbocycles. The highest BCUT2D eigenvalue weighted by atomic mass is 16.5. The number of aromatic amines is 2. The molecule has 2 aromatic heterocycles. The van der Waals surface area contributed by atoms with Gasteiger partial charge in [0.1, 0.15) is 23.7 Å². The van der Waals surface area contributed by atoms with Crippen molar-refractivity contribution in [2.24, 2.45) is 17.8 Å². The average molecular weight is 873 g/mol. The van der Waals surface area contributed by atoms with Gasteiger partial charge >= 0.3 is 12.2 Å². The Balaban J connectivity index is 0.00000518. The van der Waals surface area contributed by atoms with Crippen LogP contribution in [0.3, 0.4) is 0 Å². The lowest BCUT2D eigenvalue weighted by atomic mass is 9.89. The van der Waals surface area contributed by atoms with Crippen LogP contribution >= 0.6 is 0 Å². The summed E-state index contributed by atoms with van der Waals surface area (Å²) in [4.78, 5) is 74.4. The van der Waals surface area contributed by atoms with Crippen molar-refractivity contribution in [3.05, 3.63) is 71.4 Å². The van der Waals surface area contributed by atoms with Gasteiger partial charge in [0.05, 0.1) is 43.0 Å². The number of fused-ring (bicyclic) bond motifs is 8. The Morgan fingerprint density at radius 1 is 0.828 bits per heavy atom. The van der Waals surface area contributed by atoms with E-state index in [2.05, 4.69) is 69.1 Å². The molecule has 5 heterocycles. The van der Waals surface area contributed by atoms with Gasteiger partial charge in [-0.3, -0.25) is 9.59 Å². The minimum Gasteiger partial charge on any atom is -0.453 e. The first-order valence-electron chi connectivity index (χ1n) is 22.6. The third-order valence-corrected chi connectivity index (χ3v) is 14.4. The zero-order chi connectivity index (χ0) is 43.5. The number of amides is 4. The van der Waals surface area contributed by atoms with Gasteiger partial charge in [-0.25, -0.2) is 19.6 Å². The maximum Gasteiger partial charge on any atom is 0.407 e. The van der Waals surface area contributed by atoms with E-state index in [1.54, 1.807) is 0 Å². The van der Waals surface area contributed by atoms with E-state index in [4.69, 9.17) is 24.2 Å². The lowest BCUT2D eigenvalue weighted by molar-refractivity contribution is -0.140. The fraction of sp³-hybridized carbons (Fsp3) is 0.510. The molecule has 0 radical (unpaired) electrons. The normalized spacial score (nSPS) is 22.5. The van der Waals surface area contributed by atoms with E-state index in [-0.39, 0.29) is 49.2 Å². The first-order chi connectivity index (χ1) is 30.6. The molecule has 2 aliphatic carbocycles. The Morgan fingerprint density at radius 3 is 2.38 bits per heavy atom. The molecule has 6 atom stereocenters. The highest BCUT2D eigenvalue weighted by molar-refractivity contribution is 6.05. The van der Waals surface area contributed by atoms with E-state index >= 15 is 0 Å². The molecule has 4 N–H and O–H groups in total. The quantitative estimate of drug-likeness (QED) is 0.115. The first kappa shape index (κ1) is 43.3. The third-order valence-electron chi connectivity index (χ3n) is 14.4. The Bertz CT molecular complexity index is 2600. The van der Waals surface area contributed by atoms with Gasteiger partial charge in [-0.15, -0.1) is 0 Å². The summed E-state index contributed by atoms with van der Waals surface area (Å²) in [6.07, 6.45) is 6.47. The van der Waals surface area contributed by atoms with E-state index in [9.17, 15) is 19.2 Å². The average Bonchev–Trinajstić information content (AvgIpc) is 4.17. The van der Waals surface area contributed by atoms with Crippen LogP contribution in [-0.4, -0.2) is 106 Å². The number of H-pyrrole nitrogens is 2. The SMILES string of the molecule is C.COC(=O)N[C@H](C(=O)N1CCC[C@H]1c1nc2c(ccc3cc(-c4ccc5c(c4)CCc4[nH]c([C@@H]6[C@H]7CC[C@H](C7)N6C(=O)[C@@H](NC(=O)OC)C6CCOCC6)nc4-5)ccc32)[nH]1)C(C)C. The molecule has 5 aliphatic rings. The van der Waals surface area contributed by atoms with Crippen LogP contribution < -0.4 is 10.6 Å². The van der Waals surface area contributed by atoms with Gasteiger partial charge < -0.3 is 44.6 Å². The maximum atomic E-state index is 14.5. The Labute approximate surface area is 373 Å². The number of aryl methyl sites for hydroxylation is 2. The molecule has 3 saturated heterocycles. The molecule has 15 nitrogen and oxygen atoms in total. The number of carbonyl (C=O) groups is 4. The second kappa shape index (κ2) is 17.5. The van der Waals surface area contributed by atoms with E-state index in [1.807, 2.05) is 23.6 Å². The zero-order valence-corrected chi connectivity index (χ0v) is 36.4. The zero-order valence-electron chi connectivity index (χ0n) is 36.4. The lowest BCUT2D eigenvalue weighted by Gasteiger charge is -2.39. The summed E-state index contributed by atoms with van der Waals surface area (Å²) >= 11 is 0. The topological polar surface area (TPSA) is 184 Å². The van der Waals surface area contributed by atoms with E-state index in [0.29, 0.717) is 38.5 Å². The number of nitrogens with zero attached hydrogens (tertiary/aromatic N) is 4. The van der Waals surface area contributed by atoms with Gasteiger partial charge in [-0.1, -0.05) is 57.7 Å². The van der Waals surface area contributed by atoms with Crippen LogP contribution in [0, 0.1) is 17.8 Å². The molecule has 4 fully saturated rings. The molecule has 0 spiro atoms. The van der Waals surface area contributed by atoms with Crippen molar-refractivity contribution in [3.8, 4) is 22.4 Å². The summed E-state index contributed by atoms with van der Waals surface area (Å²) < 4.78 is 15.4. The second-order valence-electron chi connectivity index (χ2n) is 18.4. The number of rotatable bonds is 9. The number of ether oxygens (including phenoxy) is 3. The molecule has 3 aromatic carbocycles. The van der Waals surface area contributed by atoms with Gasteiger partial charge in [0.15, 0.2) is 0 Å². The molecule has 64 heavy (non-hydrogen) atoms. The summed E-state index contributed by atoms with van der Waals surface area (Å²) in [7, 11) is 2.63. The van der Waals surface area contributed by atoms with E-state index in [1.165, 1.54) is 19.8 Å². The minimum absolute atomic E-state index is 0. The van der Waals surface area contributed by atoms with Crippen molar-refractivity contribution in [2.45, 2.75) is 109 Å². The van der Waals surface area contributed by atoms with Crippen molar-refractivity contribution in [2.75, 3.05) is 34.0 Å². The maximum absolute atomic E-state index is 14.5. The predicted octanol–water partition coefficient (Wildman–Crippen LogP) is 7.76. The molecule has 4 amide bonds. The van der Waals surface area contributed by atoms with Crippen molar-refractivity contribution in [1.29, 1.82) is 0 Å². The number of imidazole rings is 2. The molecule has 15 heteroatoms. The Hall–Kier alpha value is -5.96. The Kier molecular flexibility index (Phi) is 11.9. The molecule has 338 valence electrons. The number of hydrogen-bond acceptors (Lipinski definition) is 9. The minimum atomic E-state index is -0.695. The summed E-state index contributed by atoms with van der Waals surface area (Å²) in [5, 5.41) is 7.73. The van der Waals surface area contributed by atoms with Crippen molar-refractivity contribution < 1.29 is 33.4 Å². The van der Waals surface area contributed by atoms with Gasteiger partial charge in [-0.05, 0) is 110 Å². The fourth-order valence-corrected chi connectivity index (χ4v) is 11.2. The number of benzene rings is 3.